The molecule has 0 N–H and O–H groups in total. The van der Waals surface area contributed by atoms with Crippen LogP contribution in [0.15, 0.2) is 18.3 Å². The van der Waals surface area contributed by atoms with Crippen LogP contribution in [0.1, 0.15) is 43.0 Å². The van der Waals surface area contributed by atoms with Gasteiger partial charge in [-0.2, -0.15) is 0 Å². The van der Waals surface area contributed by atoms with Crippen LogP contribution in [-0.4, -0.2) is 54.0 Å². The fourth-order valence-electron chi connectivity index (χ4n) is 3.28. The summed E-state index contributed by atoms with van der Waals surface area (Å²) in [6.45, 7) is 4.68. The van der Waals surface area contributed by atoms with Crippen molar-refractivity contribution in [3.63, 3.8) is 0 Å². The predicted molar refractivity (Wildman–Crippen MR) is 86.8 cm³/mol. The van der Waals surface area contributed by atoms with Crippen LogP contribution in [0.5, 0.6) is 5.88 Å². The van der Waals surface area contributed by atoms with Crippen molar-refractivity contribution in [2.24, 2.45) is 5.92 Å². The van der Waals surface area contributed by atoms with Crippen LogP contribution in [0.2, 0.25) is 0 Å². The summed E-state index contributed by atoms with van der Waals surface area (Å²) in [7, 11) is 0. The zero-order valence-electron chi connectivity index (χ0n) is 14.1. The fraction of sp³-hybridized carbons (Fsp3) is 0.667. The summed E-state index contributed by atoms with van der Waals surface area (Å²) in [4.78, 5) is 18.7. The number of carbonyl (C=O) groups is 1. The van der Waals surface area contributed by atoms with Gasteiger partial charge in [0.25, 0.3) is 5.91 Å². The molecule has 2 aliphatic heterocycles. The van der Waals surface area contributed by atoms with Crippen LogP contribution in [-0.2, 0) is 9.47 Å². The average Bonchev–Trinajstić information content (AvgIpc) is 3.37. The number of nitrogens with zero attached hydrogens (tertiary/aromatic N) is 2. The van der Waals surface area contributed by atoms with Crippen LogP contribution in [0.4, 0.5) is 0 Å². The van der Waals surface area contributed by atoms with Gasteiger partial charge in [0, 0.05) is 38.2 Å². The van der Waals surface area contributed by atoms with Crippen molar-refractivity contribution in [1.82, 2.24) is 9.88 Å². The molecule has 0 bridgehead atoms. The number of hydrogen-bond acceptors (Lipinski definition) is 5. The van der Waals surface area contributed by atoms with Gasteiger partial charge in [-0.1, -0.05) is 0 Å². The van der Waals surface area contributed by atoms with Gasteiger partial charge < -0.3 is 19.1 Å². The van der Waals surface area contributed by atoms with Crippen LogP contribution in [0, 0.1) is 5.92 Å². The summed E-state index contributed by atoms with van der Waals surface area (Å²) in [6.07, 6.45) is 5.69. The molecule has 1 aliphatic carbocycles. The minimum absolute atomic E-state index is 0.0112. The lowest BCUT2D eigenvalue weighted by Crippen LogP contribution is -2.47. The Bertz CT molecular complexity index is 592. The zero-order valence-corrected chi connectivity index (χ0v) is 14.1. The highest BCUT2D eigenvalue weighted by atomic mass is 16.7. The molecule has 0 aromatic carbocycles. The number of rotatable bonds is 4. The Labute approximate surface area is 142 Å². The molecule has 3 fully saturated rings. The minimum Gasteiger partial charge on any atom is -0.477 e. The number of likely N-dealkylation sites (tertiary alicyclic amines) is 1. The first-order valence-electron chi connectivity index (χ1n) is 8.83. The molecule has 6 heteroatoms. The quantitative estimate of drug-likeness (QED) is 0.846. The van der Waals surface area contributed by atoms with E-state index < -0.39 is 5.79 Å². The number of amides is 1. The molecular weight excluding hydrogens is 308 g/mol. The van der Waals surface area contributed by atoms with Gasteiger partial charge in [0.2, 0.25) is 5.88 Å². The van der Waals surface area contributed by atoms with Crippen molar-refractivity contribution >= 4 is 5.91 Å². The first kappa shape index (κ1) is 15.8. The zero-order chi connectivity index (χ0) is 16.6. The maximum Gasteiger partial charge on any atom is 0.255 e. The second-order valence-corrected chi connectivity index (χ2v) is 7.08. The van der Waals surface area contributed by atoms with Crippen molar-refractivity contribution in [2.45, 2.75) is 44.5 Å². The van der Waals surface area contributed by atoms with Crippen LogP contribution in [0.25, 0.3) is 0 Å². The molecular formula is C18H24N2O4. The van der Waals surface area contributed by atoms with E-state index >= 15 is 0 Å². The fourth-order valence-corrected chi connectivity index (χ4v) is 3.28. The molecule has 2 saturated heterocycles. The molecule has 130 valence electrons. The topological polar surface area (TPSA) is 60.9 Å². The maximum absolute atomic E-state index is 12.6. The third kappa shape index (κ3) is 3.39. The van der Waals surface area contributed by atoms with E-state index in [9.17, 15) is 4.79 Å². The largest absolute Gasteiger partial charge is 0.477 e. The number of piperidine rings is 1. The lowest BCUT2D eigenvalue weighted by atomic mass is 10.0. The minimum atomic E-state index is -0.477. The van der Waals surface area contributed by atoms with E-state index in [1.165, 1.54) is 12.8 Å². The summed E-state index contributed by atoms with van der Waals surface area (Å²) in [5, 5.41) is 0. The standard InChI is InChI=1S/C18H24N2O4/c1-13-11-23-18(24-13)6-8-20(9-7-18)17(21)15-4-5-16(19-10-15)22-12-14-2-3-14/h4-5,10,13-14H,2-3,6-9,11-12H2,1H3/t13-/m0/s1. The Morgan fingerprint density at radius 2 is 2.17 bits per heavy atom. The van der Waals surface area contributed by atoms with E-state index in [1.807, 2.05) is 11.8 Å². The molecule has 1 aromatic heterocycles. The average molecular weight is 332 g/mol. The van der Waals surface area contributed by atoms with E-state index in [0.717, 1.165) is 19.4 Å². The number of carbonyl (C=O) groups excluding carboxylic acids is 1. The van der Waals surface area contributed by atoms with E-state index in [1.54, 1.807) is 18.3 Å². The van der Waals surface area contributed by atoms with Crippen molar-refractivity contribution in [2.75, 3.05) is 26.3 Å². The second kappa shape index (κ2) is 6.33. The molecule has 1 saturated carbocycles. The highest BCUT2D eigenvalue weighted by molar-refractivity contribution is 5.94. The van der Waals surface area contributed by atoms with Gasteiger partial charge in [0.15, 0.2) is 5.79 Å². The van der Waals surface area contributed by atoms with Gasteiger partial charge in [-0.05, 0) is 31.7 Å². The Morgan fingerprint density at radius 3 is 2.75 bits per heavy atom. The van der Waals surface area contributed by atoms with E-state index in [2.05, 4.69) is 4.98 Å². The highest BCUT2D eigenvalue weighted by Crippen LogP contribution is 2.34. The molecule has 1 atom stereocenters. The maximum atomic E-state index is 12.6. The predicted octanol–water partition coefficient (Wildman–Crippen LogP) is 2.24. The number of pyridine rings is 1. The van der Waals surface area contributed by atoms with Crippen molar-refractivity contribution in [1.29, 1.82) is 0 Å². The number of aromatic nitrogens is 1. The lowest BCUT2D eigenvalue weighted by Gasteiger charge is -2.37. The number of ether oxygens (including phenoxy) is 3. The molecule has 1 amide bonds. The Kier molecular flexibility index (Phi) is 4.18. The summed E-state index contributed by atoms with van der Waals surface area (Å²) in [5.41, 5.74) is 0.603. The summed E-state index contributed by atoms with van der Waals surface area (Å²) < 4.78 is 17.3. The molecule has 24 heavy (non-hydrogen) atoms. The summed E-state index contributed by atoms with van der Waals surface area (Å²) in [6, 6.07) is 3.58. The summed E-state index contributed by atoms with van der Waals surface area (Å²) in [5.74, 6) is 0.820. The molecule has 0 unspecified atom stereocenters. The molecule has 3 heterocycles. The van der Waals surface area contributed by atoms with Gasteiger partial charge >= 0.3 is 0 Å². The first-order valence-corrected chi connectivity index (χ1v) is 8.83. The SMILES string of the molecule is C[C@H]1COC2(CCN(C(=O)c3ccc(OCC4CC4)nc3)CC2)O1. The van der Waals surface area contributed by atoms with E-state index in [4.69, 9.17) is 14.2 Å². The molecule has 3 aliphatic rings. The van der Waals surface area contributed by atoms with Crippen molar-refractivity contribution in [3.05, 3.63) is 23.9 Å². The van der Waals surface area contributed by atoms with Crippen LogP contribution < -0.4 is 4.74 Å². The Hall–Kier alpha value is -1.66. The summed E-state index contributed by atoms with van der Waals surface area (Å²) >= 11 is 0. The van der Waals surface area contributed by atoms with Gasteiger partial charge in [-0.15, -0.1) is 0 Å². The van der Waals surface area contributed by atoms with Crippen molar-refractivity contribution < 1.29 is 19.0 Å². The normalized spacial score (nSPS) is 25.9. The monoisotopic (exact) mass is 332 g/mol. The van der Waals surface area contributed by atoms with Crippen molar-refractivity contribution in [3.8, 4) is 5.88 Å². The number of hydrogen-bond donors (Lipinski definition) is 0. The third-order valence-corrected chi connectivity index (χ3v) is 4.96. The second-order valence-electron chi connectivity index (χ2n) is 7.08. The smallest absolute Gasteiger partial charge is 0.255 e. The van der Waals surface area contributed by atoms with Gasteiger partial charge in [-0.25, -0.2) is 4.98 Å². The van der Waals surface area contributed by atoms with Crippen LogP contribution >= 0.6 is 0 Å². The van der Waals surface area contributed by atoms with Gasteiger partial charge in [-0.3, -0.25) is 4.79 Å². The molecule has 6 nitrogen and oxygen atoms in total. The van der Waals surface area contributed by atoms with Gasteiger partial charge in [0.05, 0.1) is 24.9 Å². The van der Waals surface area contributed by atoms with Crippen LogP contribution in [0.3, 0.4) is 0 Å². The van der Waals surface area contributed by atoms with Gasteiger partial charge in [0.1, 0.15) is 0 Å². The molecule has 1 spiro atoms. The molecule has 0 radical (unpaired) electrons. The molecule has 1 aromatic rings. The highest BCUT2D eigenvalue weighted by Gasteiger charge is 2.43. The van der Waals surface area contributed by atoms with E-state index in [0.29, 0.717) is 37.1 Å². The lowest BCUT2D eigenvalue weighted by molar-refractivity contribution is -0.189. The first-order chi connectivity index (χ1) is 11.6. The van der Waals surface area contributed by atoms with E-state index in [-0.39, 0.29) is 12.0 Å². The molecule has 4 rings (SSSR count). The Balaban J connectivity index is 1.32. The third-order valence-electron chi connectivity index (χ3n) is 4.96. The Morgan fingerprint density at radius 1 is 1.38 bits per heavy atom.